The molecule has 0 spiro atoms. The number of halogens is 3. The molecule has 30 heavy (non-hydrogen) atoms. The van der Waals surface area contributed by atoms with Crippen molar-refractivity contribution in [3.8, 4) is 5.75 Å². The summed E-state index contributed by atoms with van der Waals surface area (Å²) < 4.78 is 42.5. The van der Waals surface area contributed by atoms with Crippen molar-refractivity contribution in [1.29, 1.82) is 0 Å². The zero-order valence-electron chi connectivity index (χ0n) is 18.4. The highest BCUT2D eigenvalue weighted by atomic mass is 19.3. The minimum atomic E-state index is -2.99. The van der Waals surface area contributed by atoms with Crippen LogP contribution in [0.15, 0.2) is 18.2 Å². The molecule has 0 unspecified atom stereocenters. The minimum Gasteiger partial charge on any atom is -0.432 e. The lowest BCUT2D eigenvalue weighted by molar-refractivity contribution is -0.0522. The third-order valence-electron chi connectivity index (χ3n) is 7.47. The van der Waals surface area contributed by atoms with Gasteiger partial charge in [-0.1, -0.05) is 96.0 Å². The van der Waals surface area contributed by atoms with Crippen molar-refractivity contribution in [3.05, 3.63) is 29.6 Å². The molecule has 0 bridgehead atoms. The summed E-state index contributed by atoms with van der Waals surface area (Å²) in [4.78, 5) is 0. The molecule has 0 aromatic heterocycles. The second-order valence-electron chi connectivity index (χ2n) is 9.71. The molecular weight excluding hydrogens is 385 g/mol. The molecule has 170 valence electrons. The fourth-order valence-electron chi connectivity index (χ4n) is 5.59. The Kier molecular flexibility index (Phi) is 9.87. The lowest BCUT2D eigenvalue weighted by Gasteiger charge is -2.28. The van der Waals surface area contributed by atoms with Gasteiger partial charge in [-0.3, -0.25) is 0 Å². The van der Waals surface area contributed by atoms with Gasteiger partial charge in [0.1, 0.15) is 0 Å². The summed E-state index contributed by atoms with van der Waals surface area (Å²) in [5, 5.41) is 0. The van der Waals surface area contributed by atoms with Crippen LogP contribution >= 0.6 is 0 Å². The number of aryl methyl sites for hydroxylation is 1. The van der Waals surface area contributed by atoms with Crippen molar-refractivity contribution in [3.63, 3.8) is 0 Å². The Balaban J connectivity index is 1.23. The fraction of sp³-hybridized carbons (Fsp3) is 0.769. The van der Waals surface area contributed by atoms with Crippen LogP contribution in [0, 0.1) is 23.6 Å². The maximum Gasteiger partial charge on any atom is 0.387 e. The minimum absolute atomic E-state index is 0.368. The first-order valence-corrected chi connectivity index (χ1v) is 12.3. The van der Waals surface area contributed by atoms with E-state index in [1.807, 2.05) is 0 Å². The molecule has 2 aliphatic carbocycles. The van der Waals surface area contributed by atoms with Gasteiger partial charge in [0.25, 0.3) is 0 Å². The van der Waals surface area contributed by atoms with E-state index in [9.17, 15) is 13.2 Å². The van der Waals surface area contributed by atoms with Gasteiger partial charge in [0.05, 0.1) is 0 Å². The Morgan fingerprint density at radius 2 is 1.33 bits per heavy atom. The monoisotopic (exact) mass is 424 g/mol. The highest BCUT2D eigenvalue weighted by Crippen LogP contribution is 2.35. The largest absolute Gasteiger partial charge is 0.432 e. The molecule has 0 radical (unpaired) electrons. The van der Waals surface area contributed by atoms with E-state index in [4.69, 9.17) is 0 Å². The molecule has 0 amide bonds. The van der Waals surface area contributed by atoms with E-state index in [0.717, 1.165) is 30.2 Å². The third kappa shape index (κ3) is 8.15. The highest BCUT2D eigenvalue weighted by Gasteiger charge is 2.21. The number of hydrogen-bond donors (Lipinski definition) is 0. The number of ether oxygens (including phenoxy) is 1. The standard InChI is InChI=1S/C26H39F3O/c27-24-19-23(17-18-25(24)30-26(28)29)16-15-22-13-11-21(12-14-22)8-4-2-1-3-7-20-9-5-6-10-20/h17-22,26H,1-16H2/t21-,22-. The van der Waals surface area contributed by atoms with Crippen molar-refractivity contribution in [2.45, 2.75) is 109 Å². The second-order valence-corrected chi connectivity index (χ2v) is 9.71. The molecule has 0 atom stereocenters. The molecule has 0 saturated heterocycles. The summed E-state index contributed by atoms with van der Waals surface area (Å²) in [6.07, 6.45) is 21.5. The predicted octanol–water partition coefficient (Wildman–Crippen LogP) is 8.70. The molecule has 2 saturated carbocycles. The maximum atomic E-state index is 13.8. The molecule has 3 rings (SSSR count). The number of rotatable bonds is 12. The van der Waals surface area contributed by atoms with Crippen LogP contribution in [0.25, 0.3) is 0 Å². The summed E-state index contributed by atoms with van der Waals surface area (Å²) in [6, 6.07) is 4.37. The highest BCUT2D eigenvalue weighted by molar-refractivity contribution is 5.29. The van der Waals surface area contributed by atoms with Crippen LogP contribution in [-0.4, -0.2) is 6.61 Å². The Labute approximate surface area is 180 Å². The number of unbranched alkanes of at least 4 members (excludes halogenated alkanes) is 3. The molecule has 1 aromatic rings. The van der Waals surface area contributed by atoms with Crippen LogP contribution in [-0.2, 0) is 6.42 Å². The van der Waals surface area contributed by atoms with E-state index in [1.54, 1.807) is 6.07 Å². The molecular formula is C26H39F3O. The average molecular weight is 425 g/mol. The summed E-state index contributed by atoms with van der Waals surface area (Å²) in [6.45, 7) is -2.99. The number of hydrogen-bond acceptors (Lipinski definition) is 1. The first kappa shape index (κ1) is 23.5. The van der Waals surface area contributed by atoms with Gasteiger partial charge in [-0.05, 0) is 48.3 Å². The normalized spacial score (nSPS) is 22.7. The lowest BCUT2D eigenvalue weighted by atomic mass is 9.77. The van der Waals surface area contributed by atoms with E-state index in [0.29, 0.717) is 5.92 Å². The van der Waals surface area contributed by atoms with Gasteiger partial charge < -0.3 is 4.74 Å². The van der Waals surface area contributed by atoms with E-state index in [2.05, 4.69) is 4.74 Å². The first-order chi connectivity index (χ1) is 14.6. The van der Waals surface area contributed by atoms with Gasteiger partial charge in [-0.15, -0.1) is 0 Å². The zero-order valence-corrected chi connectivity index (χ0v) is 18.4. The summed E-state index contributed by atoms with van der Waals surface area (Å²) in [5.41, 5.74) is 0.869. The Morgan fingerprint density at radius 1 is 0.767 bits per heavy atom. The second kappa shape index (κ2) is 12.6. The van der Waals surface area contributed by atoms with Crippen LogP contribution < -0.4 is 4.74 Å². The predicted molar refractivity (Wildman–Crippen MR) is 116 cm³/mol. The van der Waals surface area contributed by atoms with Crippen LogP contribution in [0.4, 0.5) is 13.2 Å². The summed E-state index contributed by atoms with van der Waals surface area (Å²) in [5.74, 6) is 1.60. The van der Waals surface area contributed by atoms with Crippen LogP contribution in [0.1, 0.15) is 102 Å². The smallest absolute Gasteiger partial charge is 0.387 e. The van der Waals surface area contributed by atoms with Crippen molar-refractivity contribution in [2.24, 2.45) is 17.8 Å². The van der Waals surface area contributed by atoms with Gasteiger partial charge >= 0.3 is 6.61 Å². The Bertz CT molecular complexity index is 604. The number of benzene rings is 1. The van der Waals surface area contributed by atoms with Gasteiger partial charge in [-0.2, -0.15) is 8.78 Å². The molecule has 0 aliphatic heterocycles. The van der Waals surface area contributed by atoms with Crippen LogP contribution in [0.2, 0.25) is 0 Å². The van der Waals surface area contributed by atoms with Crippen molar-refractivity contribution < 1.29 is 17.9 Å². The fourth-order valence-corrected chi connectivity index (χ4v) is 5.59. The van der Waals surface area contributed by atoms with Gasteiger partial charge in [-0.25, -0.2) is 4.39 Å². The number of alkyl halides is 2. The van der Waals surface area contributed by atoms with Crippen LogP contribution in [0.3, 0.4) is 0 Å². The van der Waals surface area contributed by atoms with E-state index in [1.165, 1.54) is 102 Å². The molecule has 2 aliphatic rings. The SMILES string of the molecule is Fc1cc(CC[C@H]2CC[C@H](CCCCCCC3CCCC3)CC2)ccc1OC(F)F. The molecule has 4 heteroatoms. The summed E-state index contributed by atoms with van der Waals surface area (Å²) in [7, 11) is 0. The Hall–Kier alpha value is -1.19. The molecule has 0 heterocycles. The van der Waals surface area contributed by atoms with Crippen molar-refractivity contribution in [1.82, 2.24) is 0 Å². The van der Waals surface area contributed by atoms with Gasteiger partial charge in [0, 0.05) is 0 Å². The molecule has 0 N–H and O–H groups in total. The van der Waals surface area contributed by atoms with E-state index < -0.39 is 12.4 Å². The van der Waals surface area contributed by atoms with Crippen molar-refractivity contribution >= 4 is 0 Å². The van der Waals surface area contributed by atoms with E-state index >= 15 is 0 Å². The quantitative estimate of drug-likeness (QED) is 0.305. The molecule has 1 aromatic carbocycles. The first-order valence-electron chi connectivity index (χ1n) is 12.3. The molecule has 1 nitrogen and oxygen atoms in total. The lowest BCUT2D eigenvalue weighted by Crippen LogP contribution is -2.15. The zero-order chi connectivity index (χ0) is 21.2. The van der Waals surface area contributed by atoms with Gasteiger partial charge in [0.15, 0.2) is 11.6 Å². The van der Waals surface area contributed by atoms with E-state index in [-0.39, 0.29) is 5.75 Å². The topological polar surface area (TPSA) is 9.23 Å². The average Bonchev–Trinajstić information content (AvgIpc) is 3.25. The van der Waals surface area contributed by atoms with Crippen LogP contribution in [0.5, 0.6) is 5.75 Å². The summed E-state index contributed by atoms with van der Waals surface area (Å²) >= 11 is 0. The third-order valence-corrected chi connectivity index (χ3v) is 7.47. The molecule has 2 fully saturated rings. The maximum absolute atomic E-state index is 13.8. The van der Waals surface area contributed by atoms with Gasteiger partial charge in [0.2, 0.25) is 0 Å². The van der Waals surface area contributed by atoms with Crippen molar-refractivity contribution in [2.75, 3.05) is 0 Å². The Morgan fingerprint density at radius 3 is 1.90 bits per heavy atom.